The molecule has 0 N–H and O–H groups in total. The Balaban J connectivity index is 1.42. The van der Waals surface area contributed by atoms with Gasteiger partial charge in [0.2, 0.25) is 5.88 Å². The summed E-state index contributed by atoms with van der Waals surface area (Å²) >= 11 is 6.25. The van der Waals surface area contributed by atoms with Crippen LogP contribution in [0.2, 0.25) is 5.02 Å². The summed E-state index contributed by atoms with van der Waals surface area (Å²) in [5.74, 6) is 1.09. The van der Waals surface area contributed by atoms with Crippen molar-refractivity contribution in [2.24, 2.45) is 0 Å². The summed E-state index contributed by atoms with van der Waals surface area (Å²) in [6.07, 6.45) is 0. The maximum atomic E-state index is 11.8. The predicted octanol–water partition coefficient (Wildman–Crippen LogP) is 7.14. The molecule has 0 unspecified atom stereocenters. The number of benzene rings is 4. The minimum absolute atomic E-state index is 0.229. The van der Waals surface area contributed by atoms with Crippen LogP contribution < -0.4 is 9.47 Å². The van der Waals surface area contributed by atoms with Gasteiger partial charge in [-0.3, -0.25) is 0 Å². The normalized spacial score (nSPS) is 10.8. The fourth-order valence-corrected chi connectivity index (χ4v) is 4.14. The zero-order valence-corrected chi connectivity index (χ0v) is 21.5. The van der Waals surface area contributed by atoms with E-state index in [1.54, 1.807) is 13.0 Å². The van der Waals surface area contributed by atoms with E-state index in [2.05, 4.69) is 4.98 Å². The zero-order chi connectivity index (χ0) is 26.3. The van der Waals surface area contributed by atoms with Crippen LogP contribution in [0.15, 0.2) is 97.1 Å². The van der Waals surface area contributed by atoms with Gasteiger partial charge in [-0.25, -0.2) is 9.78 Å². The molecule has 1 heterocycles. The first-order valence-electron chi connectivity index (χ1n) is 12.2. The second-order valence-corrected chi connectivity index (χ2v) is 8.89. The molecule has 0 spiro atoms. The third-order valence-corrected chi connectivity index (χ3v) is 6.21. The molecule has 0 amide bonds. The first kappa shape index (κ1) is 25.2. The maximum Gasteiger partial charge on any atom is 0.344 e. The lowest BCUT2D eigenvalue weighted by atomic mass is 10.1. The van der Waals surface area contributed by atoms with Crippen molar-refractivity contribution in [3.8, 4) is 34.3 Å². The van der Waals surface area contributed by atoms with Gasteiger partial charge in [-0.05, 0) is 42.0 Å². The van der Waals surface area contributed by atoms with Crippen LogP contribution in [0.4, 0.5) is 0 Å². The summed E-state index contributed by atoms with van der Waals surface area (Å²) in [6, 6.07) is 31.0. The lowest BCUT2D eigenvalue weighted by Gasteiger charge is -2.11. The highest BCUT2D eigenvalue weighted by Crippen LogP contribution is 2.29. The highest BCUT2D eigenvalue weighted by molar-refractivity contribution is 6.31. The molecule has 190 valence electrons. The molecule has 1 aromatic heterocycles. The van der Waals surface area contributed by atoms with Crippen LogP contribution in [0.5, 0.6) is 11.6 Å². The van der Waals surface area contributed by atoms with Crippen molar-refractivity contribution in [3.05, 3.63) is 108 Å². The SMILES string of the molecule is CCOC(=O)COc1cc(-c2ccccc2)nc(-c2ccc3cc(OCc4ccccc4Cl)ccc3c2)n1. The average Bonchev–Trinajstić information content (AvgIpc) is 2.96. The Hall–Kier alpha value is -4.42. The molecule has 0 saturated heterocycles. The Kier molecular flexibility index (Phi) is 7.81. The van der Waals surface area contributed by atoms with Gasteiger partial charge in [-0.15, -0.1) is 0 Å². The van der Waals surface area contributed by atoms with Gasteiger partial charge in [0.15, 0.2) is 12.4 Å². The number of rotatable bonds is 9. The zero-order valence-electron chi connectivity index (χ0n) is 20.8. The van der Waals surface area contributed by atoms with Crippen molar-refractivity contribution >= 4 is 28.3 Å². The molecule has 4 aromatic carbocycles. The minimum Gasteiger partial charge on any atom is -0.489 e. The number of nitrogens with zero attached hydrogens (tertiary/aromatic N) is 2. The molecule has 7 heteroatoms. The summed E-state index contributed by atoms with van der Waals surface area (Å²) < 4.78 is 16.6. The summed E-state index contributed by atoms with van der Waals surface area (Å²) in [5.41, 5.74) is 3.36. The number of esters is 1. The fraction of sp³-hybridized carbons (Fsp3) is 0.129. The van der Waals surface area contributed by atoms with Gasteiger partial charge in [0.05, 0.1) is 12.3 Å². The van der Waals surface area contributed by atoms with Gasteiger partial charge in [0.1, 0.15) is 12.4 Å². The first-order chi connectivity index (χ1) is 18.6. The summed E-state index contributed by atoms with van der Waals surface area (Å²) in [7, 11) is 0. The van der Waals surface area contributed by atoms with Crippen LogP contribution in [0.25, 0.3) is 33.4 Å². The molecule has 0 radical (unpaired) electrons. The third-order valence-electron chi connectivity index (χ3n) is 5.84. The second kappa shape index (κ2) is 11.8. The van der Waals surface area contributed by atoms with E-state index in [-0.39, 0.29) is 13.2 Å². The van der Waals surface area contributed by atoms with E-state index < -0.39 is 5.97 Å². The quantitative estimate of drug-likeness (QED) is 0.191. The molecule has 0 aliphatic heterocycles. The Morgan fingerprint density at radius 3 is 2.37 bits per heavy atom. The number of carbonyl (C=O) groups is 1. The van der Waals surface area contributed by atoms with E-state index in [4.69, 9.17) is 30.8 Å². The lowest BCUT2D eigenvalue weighted by Crippen LogP contribution is -2.15. The number of hydrogen-bond acceptors (Lipinski definition) is 6. The van der Waals surface area contributed by atoms with E-state index in [0.29, 0.717) is 29.0 Å². The molecular weight excluding hydrogens is 500 g/mol. The molecule has 5 rings (SSSR count). The van der Waals surface area contributed by atoms with E-state index in [1.807, 2.05) is 91.0 Å². The molecule has 0 aliphatic carbocycles. The lowest BCUT2D eigenvalue weighted by molar-refractivity contribution is -0.145. The van der Waals surface area contributed by atoms with Crippen LogP contribution in [0.3, 0.4) is 0 Å². The largest absolute Gasteiger partial charge is 0.489 e. The number of fused-ring (bicyclic) bond motifs is 1. The Morgan fingerprint density at radius 2 is 1.55 bits per heavy atom. The average molecular weight is 525 g/mol. The van der Waals surface area contributed by atoms with E-state index in [9.17, 15) is 4.79 Å². The molecular formula is C31H25ClN2O4. The standard InChI is InChI=1S/C31H25ClN2O4/c1-2-36-30(35)20-38-29-18-28(21-8-4-3-5-9-21)33-31(34-29)24-13-12-23-17-26(15-14-22(23)16-24)37-19-25-10-6-7-11-27(25)32/h3-18H,2,19-20H2,1H3. The molecule has 0 bridgehead atoms. The number of halogens is 1. The molecule has 38 heavy (non-hydrogen) atoms. The van der Waals surface area contributed by atoms with Gasteiger partial charge < -0.3 is 14.2 Å². The molecule has 0 atom stereocenters. The number of hydrogen-bond donors (Lipinski definition) is 0. The third kappa shape index (κ3) is 6.10. The molecule has 6 nitrogen and oxygen atoms in total. The van der Waals surface area contributed by atoms with Gasteiger partial charge >= 0.3 is 5.97 Å². The summed E-state index contributed by atoms with van der Waals surface area (Å²) in [4.78, 5) is 21.2. The van der Waals surface area contributed by atoms with Crippen molar-refractivity contribution in [1.29, 1.82) is 0 Å². The van der Waals surface area contributed by atoms with Crippen LogP contribution in [0.1, 0.15) is 12.5 Å². The predicted molar refractivity (Wildman–Crippen MR) is 148 cm³/mol. The molecule has 0 saturated carbocycles. The van der Waals surface area contributed by atoms with Crippen LogP contribution in [0, 0.1) is 0 Å². The number of ether oxygens (including phenoxy) is 3. The van der Waals surface area contributed by atoms with Crippen LogP contribution >= 0.6 is 11.6 Å². The Labute approximate surface area is 225 Å². The van der Waals surface area contributed by atoms with Crippen molar-refractivity contribution in [3.63, 3.8) is 0 Å². The monoisotopic (exact) mass is 524 g/mol. The second-order valence-electron chi connectivity index (χ2n) is 8.48. The van der Waals surface area contributed by atoms with E-state index >= 15 is 0 Å². The minimum atomic E-state index is -0.452. The van der Waals surface area contributed by atoms with Gasteiger partial charge in [0, 0.05) is 27.8 Å². The van der Waals surface area contributed by atoms with E-state index in [0.717, 1.165) is 33.2 Å². The molecule has 5 aromatic rings. The maximum absolute atomic E-state index is 11.8. The number of aromatic nitrogens is 2. The first-order valence-corrected chi connectivity index (χ1v) is 12.6. The fourth-order valence-electron chi connectivity index (χ4n) is 3.95. The highest BCUT2D eigenvalue weighted by atomic mass is 35.5. The van der Waals surface area contributed by atoms with Crippen LogP contribution in [-0.2, 0) is 16.1 Å². The molecule has 0 fully saturated rings. The van der Waals surface area contributed by atoms with Crippen LogP contribution in [-0.4, -0.2) is 29.2 Å². The van der Waals surface area contributed by atoms with Gasteiger partial charge in [0.25, 0.3) is 0 Å². The van der Waals surface area contributed by atoms with Gasteiger partial charge in [-0.2, -0.15) is 4.98 Å². The summed E-state index contributed by atoms with van der Waals surface area (Å²) in [5, 5.41) is 2.71. The van der Waals surface area contributed by atoms with Crippen molar-refractivity contribution in [1.82, 2.24) is 9.97 Å². The van der Waals surface area contributed by atoms with Crippen molar-refractivity contribution in [2.45, 2.75) is 13.5 Å². The van der Waals surface area contributed by atoms with Crippen molar-refractivity contribution in [2.75, 3.05) is 13.2 Å². The topological polar surface area (TPSA) is 70.5 Å². The van der Waals surface area contributed by atoms with Gasteiger partial charge in [-0.1, -0.05) is 78.3 Å². The smallest absolute Gasteiger partial charge is 0.344 e. The molecule has 0 aliphatic rings. The number of carbonyl (C=O) groups excluding carboxylic acids is 1. The van der Waals surface area contributed by atoms with E-state index in [1.165, 1.54) is 0 Å². The Morgan fingerprint density at radius 1 is 0.789 bits per heavy atom. The summed E-state index contributed by atoms with van der Waals surface area (Å²) in [6.45, 7) is 2.20. The van der Waals surface area contributed by atoms with Crippen molar-refractivity contribution < 1.29 is 19.0 Å². The highest BCUT2D eigenvalue weighted by Gasteiger charge is 2.12. The Bertz CT molecular complexity index is 1570.